The van der Waals surface area contributed by atoms with Crippen LogP contribution in [0.25, 0.3) is 21.9 Å². The van der Waals surface area contributed by atoms with Crippen molar-refractivity contribution in [1.82, 2.24) is 34.9 Å². The number of rotatable bonds is 9. The minimum Gasteiger partial charge on any atom is -0.368 e. The lowest BCUT2D eigenvalue weighted by molar-refractivity contribution is 0.667. The number of anilines is 1. The van der Waals surface area contributed by atoms with Crippen LogP contribution in [0.3, 0.4) is 0 Å². The summed E-state index contributed by atoms with van der Waals surface area (Å²) in [5.41, 5.74) is 2.09. The van der Waals surface area contributed by atoms with Crippen LogP contribution in [0.5, 0.6) is 0 Å². The molecule has 4 aromatic rings. The lowest BCUT2D eigenvalue weighted by Gasteiger charge is -2.12. The molecule has 0 bridgehead atoms. The van der Waals surface area contributed by atoms with Gasteiger partial charge in [-0.05, 0) is 30.9 Å². The summed E-state index contributed by atoms with van der Waals surface area (Å²) in [5.74, 6) is 1.62. The fourth-order valence-electron chi connectivity index (χ4n) is 3.57. The number of para-hydroxylation sites is 1. The number of hydrogen-bond acceptors (Lipinski definition) is 5. The van der Waals surface area contributed by atoms with Crippen LogP contribution in [0.15, 0.2) is 54.0 Å². The SMILES string of the molecule is CCNC(=NCCCn1ccc2ccccc21)NCCNc1ncnc2c1cnn2C. The van der Waals surface area contributed by atoms with Crippen molar-refractivity contribution in [2.24, 2.45) is 12.0 Å². The molecule has 3 N–H and O–H groups in total. The van der Waals surface area contributed by atoms with Gasteiger partial charge in [0.25, 0.3) is 0 Å². The summed E-state index contributed by atoms with van der Waals surface area (Å²) in [6.45, 7) is 6.04. The highest BCUT2D eigenvalue weighted by Crippen LogP contribution is 2.17. The number of fused-ring (bicyclic) bond motifs is 2. The summed E-state index contributed by atoms with van der Waals surface area (Å²) >= 11 is 0. The van der Waals surface area contributed by atoms with Crippen molar-refractivity contribution in [3.8, 4) is 0 Å². The van der Waals surface area contributed by atoms with Crippen LogP contribution in [0.2, 0.25) is 0 Å². The van der Waals surface area contributed by atoms with E-state index in [0.717, 1.165) is 55.4 Å². The highest BCUT2D eigenvalue weighted by molar-refractivity contribution is 5.86. The molecule has 4 rings (SSSR count). The van der Waals surface area contributed by atoms with E-state index in [4.69, 9.17) is 4.99 Å². The van der Waals surface area contributed by atoms with Gasteiger partial charge in [0.15, 0.2) is 11.6 Å². The van der Waals surface area contributed by atoms with Gasteiger partial charge in [0.2, 0.25) is 0 Å². The first kappa shape index (κ1) is 20.6. The highest BCUT2D eigenvalue weighted by Gasteiger charge is 2.07. The van der Waals surface area contributed by atoms with Crippen molar-refractivity contribution in [2.45, 2.75) is 19.9 Å². The number of guanidine groups is 1. The zero-order chi connectivity index (χ0) is 21.5. The van der Waals surface area contributed by atoms with Gasteiger partial charge < -0.3 is 20.5 Å². The second-order valence-electron chi connectivity index (χ2n) is 7.26. The third-order valence-corrected chi connectivity index (χ3v) is 5.09. The highest BCUT2D eigenvalue weighted by atomic mass is 15.3. The van der Waals surface area contributed by atoms with Crippen molar-refractivity contribution in [3.05, 3.63) is 49.1 Å². The van der Waals surface area contributed by atoms with E-state index in [9.17, 15) is 0 Å². The Morgan fingerprint density at radius 3 is 2.90 bits per heavy atom. The first-order valence-corrected chi connectivity index (χ1v) is 10.7. The average Bonchev–Trinajstić information content (AvgIpc) is 3.38. The van der Waals surface area contributed by atoms with Gasteiger partial charge in [0, 0.05) is 51.5 Å². The standard InChI is InChI=1S/C22H29N9/c1-3-23-22(25-10-6-13-31-14-9-17-7-4-5-8-19(17)31)26-12-11-24-20-18-15-29-30(2)21(18)28-16-27-20/h4-5,7-9,14-16H,3,6,10-13H2,1-2H3,(H2,23,25,26)(H,24,27,28). The van der Waals surface area contributed by atoms with E-state index in [-0.39, 0.29) is 0 Å². The van der Waals surface area contributed by atoms with E-state index in [1.165, 1.54) is 10.9 Å². The van der Waals surface area contributed by atoms with Crippen molar-refractivity contribution in [1.29, 1.82) is 0 Å². The molecule has 0 radical (unpaired) electrons. The molecule has 3 heterocycles. The van der Waals surface area contributed by atoms with Crippen LogP contribution in [-0.4, -0.2) is 56.5 Å². The molecular weight excluding hydrogens is 390 g/mol. The largest absolute Gasteiger partial charge is 0.368 e. The van der Waals surface area contributed by atoms with Crippen molar-refractivity contribution >= 4 is 33.7 Å². The number of nitrogens with zero attached hydrogens (tertiary/aromatic N) is 6. The molecule has 9 heteroatoms. The predicted molar refractivity (Wildman–Crippen MR) is 125 cm³/mol. The number of benzene rings is 1. The molecule has 0 atom stereocenters. The number of aliphatic imine (C=N–C) groups is 1. The van der Waals surface area contributed by atoms with Crippen molar-refractivity contribution in [2.75, 3.05) is 31.5 Å². The molecule has 3 aromatic heterocycles. The predicted octanol–water partition coefficient (Wildman–Crippen LogP) is 2.38. The molecule has 0 fully saturated rings. The summed E-state index contributed by atoms with van der Waals surface area (Å²) < 4.78 is 4.03. The first-order chi connectivity index (χ1) is 15.3. The van der Waals surface area contributed by atoms with Crippen LogP contribution < -0.4 is 16.0 Å². The first-order valence-electron chi connectivity index (χ1n) is 10.7. The Morgan fingerprint density at radius 1 is 1.10 bits per heavy atom. The molecule has 0 amide bonds. The maximum atomic E-state index is 4.71. The zero-order valence-corrected chi connectivity index (χ0v) is 18.0. The Balaban J connectivity index is 1.25. The summed E-state index contributed by atoms with van der Waals surface area (Å²) in [7, 11) is 1.87. The molecule has 1 aromatic carbocycles. The Hall–Kier alpha value is -3.62. The quantitative estimate of drug-likeness (QED) is 0.219. The molecule has 0 aliphatic rings. The van der Waals surface area contributed by atoms with Crippen molar-refractivity contribution < 1.29 is 0 Å². The minimum atomic E-state index is 0.709. The molecule has 0 spiro atoms. The Labute approximate surface area is 181 Å². The van der Waals surface area contributed by atoms with Crippen LogP contribution >= 0.6 is 0 Å². The number of hydrogen-bond donors (Lipinski definition) is 3. The normalized spacial score (nSPS) is 11.9. The average molecular weight is 420 g/mol. The van der Waals surface area contributed by atoms with Crippen LogP contribution in [0, 0.1) is 0 Å². The minimum absolute atomic E-state index is 0.709. The smallest absolute Gasteiger partial charge is 0.191 e. The molecule has 0 unspecified atom stereocenters. The monoisotopic (exact) mass is 419 g/mol. The van der Waals surface area contributed by atoms with E-state index < -0.39 is 0 Å². The molecule has 162 valence electrons. The number of nitrogens with one attached hydrogen (secondary N) is 3. The Bertz CT molecular complexity index is 1160. The third-order valence-electron chi connectivity index (χ3n) is 5.09. The van der Waals surface area contributed by atoms with E-state index in [1.54, 1.807) is 17.2 Å². The summed E-state index contributed by atoms with van der Waals surface area (Å²) in [6, 6.07) is 10.6. The van der Waals surface area contributed by atoms with Gasteiger partial charge in [0.05, 0.1) is 11.6 Å². The van der Waals surface area contributed by atoms with Gasteiger partial charge in [-0.2, -0.15) is 5.10 Å². The molecule has 31 heavy (non-hydrogen) atoms. The molecule has 0 saturated carbocycles. The fraction of sp³-hybridized carbons (Fsp3) is 0.364. The summed E-state index contributed by atoms with van der Waals surface area (Å²) in [5, 5.41) is 16.5. The van der Waals surface area contributed by atoms with Gasteiger partial charge in [-0.15, -0.1) is 0 Å². The summed E-state index contributed by atoms with van der Waals surface area (Å²) in [6.07, 6.45) is 6.47. The zero-order valence-electron chi connectivity index (χ0n) is 18.0. The van der Waals surface area contributed by atoms with Crippen LogP contribution in [0.1, 0.15) is 13.3 Å². The third kappa shape index (κ3) is 4.93. The molecule has 0 aliphatic heterocycles. The van der Waals surface area contributed by atoms with Gasteiger partial charge in [-0.1, -0.05) is 18.2 Å². The molecule has 0 saturated heterocycles. The number of aromatic nitrogens is 5. The van der Waals surface area contributed by atoms with Gasteiger partial charge in [0.1, 0.15) is 12.1 Å². The lowest BCUT2D eigenvalue weighted by Crippen LogP contribution is -2.39. The van der Waals surface area contributed by atoms with Gasteiger partial charge >= 0.3 is 0 Å². The van der Waals surface area contributed by atoms with E-state index in [2.05, 4.69) is 79.0 Å². The van der Waals surface area contributed by atoms with E-state index >= 15 is 0 Å². The fourth-order valence-corrected chi connectivity index (χ4v) is 3.57. The van der Waals surface area contributed by atoms with Gasteiger partial charge in [-0.25, -0.2) is 9.97 Å². The van der Waals surface area contributed by atoms with Crippen LogP contribution in [0.4, 0.5) is 5.82 Å². The Morgan fingerprint density at radius 2 is 2.00 bits per heavy atom. The second kappa shape index (κ2) is 9.92. The maximum absolute atomic E-state index is 4.71. The van der Waals surface area contributed by atoms with Gasteiger partial charge in [-0.3, -0.25) is 9.67 Å². The molecular formula is C22H29N9. The maximum Gasteiger partial charge on any atom is 0.191 e. The lowest BCUT2D eigenvalue weighted by atomic mass is 10.2. The van der Waals surface area contributed by atoms with Crippen LogP contribution in [-0.2, 0) is 13.6 Å². The number of aryl methyl sites for hydroxylation is 2. The van der Waals surface area contributed by atoms with Crippen molar-refractivity contribution in [3.63, 3.8) is 0 Å². The second-order valence-corrected chi connectivity index (χ2v) is 7.26. The Kier molecular flexibility index (Phi) is 6.61. The topological polar surface area (TPSA) is 97.0 Å². The summed E-state index contributed by atoms with van der Waals surface area (Å²) in [4.78, 5) is 13.3. The molecule has 0 aliphatic carbocycles. The van der Waals surface area contributed by atoms with E-state index in [0.29, 0.717) is 6.54 Å². The molecule has 9 nitrogen and oxygen atoms in total. The van der Waals surface area contributed by atoms with E-state index in [1.807, 2.05) is 7.05 Å².